The molecule has 1 aromatic heterocycles. The lowest BCUT2D eigenvalue weighted by atomic mass is 10.6. The topological polar surface area (TPSA) is 103 Å². The predicted molar refractivity (Wildman–Crippen MR) is 55.4 cm³/mol. The minimum atomic E-state index is -3.29. The number of nitrogens with two attached hydrogens (primary N) is 1. The molecule has 0 bridgehead atoms. The smallest absolute Gasteiger partial charge is 0.213 e. The van der Waals surface area contributed by atoms with Crippen LogP contribution in [0.2, 0.25) is 0 Å². The number of nitrogens with one attached hydrogen (secondary N) is 1. The molecule has 3 N–H and O–H groups in total. The van der Waals surface area contributed by atoms with Gasteiger partial charge in [0.15, 0.2) is 0 Å². The van der Waals surface area contributed by atoms with Gasteiger partial charge in [-0.1, -0.05) is 0 Å². The lowest BCUT2D eigenvalue weighted by molar-refractivity contribution is 0.575. The van der Waals surface area contributed by atoms with Crippen LogP contribution in [0, 0.1) is 0 Å². The van der Waals surface area contributed by atoms with E-state index in [4.69, 9.17) is 5.73 Å². The van der Waals surface area contributed by atoms with Gasteiger partial charge in [0, 0.05) is 13.1 Å². The summed E-state index contributed by atoms with van der Waals surface area (Å²) >= 11 is 0. The number of aromatic nitrogens is 3. The SMILES string of the molecule is CCn1cnnc1CNS(=O)(=O)CCN. The van der Waals surface area contributed by atoms with E-state index in [0.29, 0.717) is 12.4 Å². The minimum Gasteiger partial charge on any atom is -0.329 e. The normalized spacial score (nSPS) is 11.9. The molecular weight excluding hydrogens is 218 g/mol. The van der Waals surface area contributed by atoms with Crippen LogP contribution in [-0.2, 0) is 23.1 Å². The summed E-state index contributed by atoms with van der Waals surface area (Å²) in [6.45, 7) is 2.90. The molecule has 1 rings (SSSR count). The summed E-state index contributed by atoms with van der Waals surface area (Å²) in [5.41, 5.74) is 5.17. The molecular formula is C7H15N5O2S. The van der Waals surface area contributed by atoms with Crippen molar-refractivity contribution in [3.8, 4) is 0 Å². The van der Waals surface area contributed by atoms with Gasteiger partial charge in [-0.3, -0.25) is 0 Å². The van der Waals surface area contributed by atoms with Crippen molar-refractivity contribution in [1.29, 1.82) is 0 Å². The Hall–Kier alpha value is -0.990. The predicted octanol–water partition coefficient (Wildman–Crippen LogP) is -1.32. The molecule has 1 aromatic rings. The molecule has 0 saturated heterocycles. The Bertz CT molecular complexity index is 399. The van der Waals surface area contributed by atoms with Gasteiger partial charge in [0.2, 0.25) is 10.0 Å². The number of nitrogens with zero attached hydrogens (tertiary/aromatic N) is 3. The maximum Gasteiger partial charge on any atom is 0.213 e. The first-order valence-corrected chi connectivity index (χ1v) is 6.28. The third-order valence-electron chi connectivity index (χ3n) is 1.87. The summed E-state index contributed by atoms with van der Waals surface area (Å²) < 4.78 is 26.7. The van der Waals surface area contributed by atoms with Crippen LogP contribution in [0.3, 0.4) is 0 Å². The Morgan fingerprint density at radius 3 is 2.93 bits per heavy atom. The van der Waals surface area contributed by atoms with Gasteiger partial charge >= 0.3 is 0 Å². The standard InChI is InChI=1S/C7H15N5O2S/c1-2-12-6-9-11-7(12)5-10-15(13,14)4-3-8/h6,10H,2-5,8H2,1H3. The lowest BCUT2D eigenvalue weighted by Crippen LogP contribution is -2.30. The number of sulfonamides is 1. The monoisotopic (exact) mass is 233 g/mol. The molecule has 0 aromatic carbocycles. The number of rotatable bonds is 6. The van der Waals surface area contributed by atoms with Gasteiger partial charge in [-0.15, -0.1) is 10.2 Å². The molecule has 0 aliphatic heterocycles. The summed E-state index contributed by atoms with van der Waals surface area (Å²) in [7, 11) is -3.29. The Morgan fingerprint density at radius 2 is 2.33 bits per heavy atom. The Kier molecular flexibility index (Phi) is 4.18. The summed E-state index contributed by atoms with van der Waals surface area (Å²) in [5, 5.41) is 7.50. The van der Waals surface area contributed by atoms with Crippen molar-refractivity contribution < 1.29 is 8.42 Å². The fourth-order valence-corrected chi connectivity index (χ4v) is 1.89. The molecule has 0 spiro atoms. The van der Waals surface area contributed by atoms with Crippen molar-refractivity contribution >= 4 is 10.0 Å². The van der Waals surface area contributed by atoms with Crippen molar-refractivity contribution in [3.63, 3.8) is 0 Å². The van der Waals surface area contributed by atoms with Crippen molar-refractivity contribution in [3.05, 3.63) is 12.2 Å². The first kappa shape index (κ1) is 12.1. The summed E-state index contributed by atoms with van der Waals surface area (Å²) in [5.74, 6) is 0.519. The van der Waals surface area contributed by atoms with Gasteiger partial charge in [0.05, 0.1) is 12.3 Å². The summed E-state index contributed by atoms with van der Waals surface area (Å²) in [4.78, 5) is 0. The van der Waals surface area contributed by atoms with Crippen LogP contribution in [0.4, 0.5) is 0 Å². The van der Waals surface area contributed by atoms with E-state index in [9.17, 15) is 8.42 Å². The number of aryl methyl sites for hydroxylation is 1. The van der Waals surface area contributed by atoms with E-state index < -0.39 is 10.0 Å². The average molecular weight is 233 g/mol. The fourth-order valence-electron chi connectivity index (χ4n) is 1.08. The van der Waals surface area contributed by atoms with E-state index in [2.05, 4.69) is 14.9 Å². The van der Waals surface area contributed by atoms with Crippen molar-refractivity contribution in [1.82, 2.24) is 19.5 Å². The van der Waals surface area contributed by atoms with Crippen LogP contribution in [0.5, 0.6) is 0 Å². The minimum absolute atomic E-state index is 0.0761. The molecule has 0 aliphatic carbocycles. The highest BCUT2D eigenvalue weighted by molar-refractivity contribution is 7.89. The summed E-state index contributed by atoms with van der Waals surface area (Å²) in [6, 6.07) is 0. The second-order valence-corrected chi connectivity index (χ2v) is 4.89. The van der Waals surface area contributed by atoms with Crippen LogP contribution in [0.15, 0.2) is 6.33 Å². The summed E-state index contributed by atoms with van der Waals surface area (Å²) in [6.07, 6.45) is 1.56. The van der Waals surface area contributed by atoms with E-state index in [1.54, 1.807) is 10.9 Å². The zero-order valence-electron chi connectivity index (χ0n) is 8.55. The molecule has 7 nitrogen and oxygen atoms in total. The Balaban J connectivity index is 2.57. The number of hydrogen-bond donors (Lipinski definition) is 2. The van der Waals surface area contributed by atoms with Gasteiger partial charge in [0.25, 0.3) is 0 Å². The van der Waals surface area contributed by atoms with Gasteiger partial charge < -0.3 is 10.3 Å². The second kappa shape index (κ2) is 5.19. The van der Waals surface area contributed by atoms with Gasteiger partial charge in [-0.2, -0.15) is 0 Å². The highest BCUT2D eigenvalue weighted by Crippen LogP contribution is 1.95. The van der Waals surface area contributed by atoms with E-state index >= 15 is 0 Å². The van der Waals surface area contributed by atoms with Crippen LogP contribution in [-0.4, -0.2) is 35.5 Å². The van der Waals surface area contributed by atoms with E-state index in [0.717, 1.165) is 0 Å². The third-order valence-corrected chi connectivity index (χ3v) is 3.23. The maximum atomic E-state index is 11.3. The number of hydrogen-bond acceptors (Lipinski definition) is 5. The molecule has 8 heteroatoms. The Morgan fingerprint density at radius 1 is 1.60 bits per heavy atom. The molecule has 0 fully saturated rings. The van der Waals surface area contributed by atoms with E-state index in [1.807, 2.05) is 6.92 Å². The van der Waals surface area contributed by atoms with Crippen molar-refractivity contribution in [2.45, 2.75) is 20.0 Å². The van der Waals surface area contributed by atoms with E-state index in [-0.39, 0.29) is 18.8 Å². The molecule has 0 unspecified atom stereocenters. The molecule has 15 heavy (non-hydrogen) atoms. The third kappa shape index (κ3) is 3.57. The first-order valence-electron chi connectivity index (χ1n) is 4.63. The second-order valence-electron chi connectivity index (χ2n) is 2.96. The van der Waals surface area contributed by atoms with Gasteiger partial charge in [-0.05, 0) is 6.92 Å². The van der Waals surface area contributed by atoms with E-state index in [1.165, 1.54) is 0 Å². The Labute approximate surface area is 88.7 Å². The highest BCUT2D eigenvalue weighted by atomic mass is 32.2. The fraction of sp³-hybridized carbons (Fsp3) is 0.714. The van der Waals surface area contributed by atoms with Crippen molar-refractivity contribution in [2.24, 2.45) is 5.73 Å². The largest absolute Gasteiger partial charge is 0.329 e. The molecule has 0 radical (unpaired) electrons. The van der Waals surface area contributed by atoms with Gasteiger partial charge in [0.1, 0.15) is 12.2 Å². The van der Waals surface area contributed by atoms with Crippen LogP contribution in [0.1, 0.15) is 12.7 Å². The van der Waals surface area contributed by atoms with Gasteiger partial charge in [-0.25, -0.2) is 13.1 Å². The first-order chi connectivity index (χ1) is 7.09. The quantitative estimate of drug-likeness (QED) is 0.634. The van der Waals surface area contributed by atoms with Crippen LogP contribution < -0.4 is 10.5 Å². The average Bonchev–Trinajstić information content (AvgIpc) is 2.62. The molecule has 1 heterocycles. The molecule has 0 amide bonds. The molecule has 0 saturated carbocycles. The van der Waals surface area contributed by atoms with Crippen LogP contribution in [0.25, 0.3) is 0 Å². The zero-order chi connectivity index (χ0) is 11.3. The molecule has 0 aliphatic rings. The highest BCUT2D eigenvalue weighted by Gasteiger charge is 2.10. The lowest BCUT2D eigenvalue weighted by Gasteiger charge is -2.05. The molecule has 86 valence electrons. The maximum absolute atomic E-state index is 11.3. The van der Waals surface area contributed by atoms with Crippen molar-refractivity contribution in [2.75, 3.05) is 12.3 Å². The van der Waals surface area contributed by atoms with Crippen LogP contribution >= 0.6 is 0 Å². The zero-order valence-corrected chi connectivity index (χ0v) is 9.37. The molecule has 0 atom stereocenters.